The largest absolute Gasteiger partial charge is 0.488 e. The van der Waals surface area contributed by atoms with Crippen LogP contribution >= 0.6 is 0 Å². The summed E-state index contributed by atoms with van der Waals surface area (Å²) < 4.78 is 5.41. The Hall–Kier alpha value is -1.78. The Morgan fingerprint density at radius 3 is 2.80 bits per heavy atom. The molecule has 1 aromatic rings. The molecule has 2 N–H and O–H groups in total. The number of H-pyrrole nitrogens is 1. The molecule has 2 rings (SSSR count). The van der Waals surface area contributed by atoms with Crippen molar-refractivity contribution in [2.24, 2.45) is 11.8 Å². The highest BCUT2D eigenvalue weighted by molar-refractivity contribution is 5.79. The molecule has 1 amide bonds. The highest BCUT2D eigenvalue weighted by atomic mass is 16.5. The van der Waals surface area contributed by atoms with Gasteiger partial charge in [0.15, 0.2) is 5.75 Å². The topological polar surface area (TPSA) is 71.2 Å². The standard InChI is InChI=1S/C15H22N2O3/c1-10(2)9-20-14-8-16-12(6-13(14)18)7-17-15(19)11-4-3-5-11/h6,8,10-11H,3-5,7,9H2,1-2H3,(H,16,18)(H,17,19). The summed E-state index contributed by atoms with van der Waals surface area (Å²) in [5.41, 5.74) is 0.539. The van der Waals surface area contributed by atoms with Crippen molar-refractivity contribution in [2.75, 3.05) is 6.61 Å². The molecule has 0 saturated heterocycles. The first kappa shape index (κ1) is 14.6. The number of amides is 1. The van der Waals surface area contributed by atoms with Crippen LogP contribution in [0.25, 0.3) is 0 Å². The van der Waals surface area contributed by atoms with Crippen molar-refractivity contribution < 1.29 is 9.53 Å². The molecular weight excluding hydrogens is 256 g/mol. The van der Waals surface area contributed by atoms with E-state index in [1.54, 1.807) is 6.20 Å². The second-order valence-corrected chi connectivity index (χ2v) is 5.74. The van der Waals surface area contributed by atoms with Crippen LogP contribution in [-0.2, 0) is 11.3 Å². The fraction of sp³-hybridized carbons (Fsp3) is 0.600. The molecule has 0 spiro atoms. The molecule has 5 heteroatoms. The van der Waals surface area contributed by atoms with E-state index in [0.29, 0.717) is 30.5 Å². The lowest BCUT2D eigenvalue weighted by Gasteiger charge is -2.23. The zero-order valence-electron chi connectivity index (χ0n) is 12.1. The number of pyridine rings is 1. The zero-order chi connectivity index (χ0) is 14.5. The van der Waals surface area contributed by atoms with E-state index in [4.69, 9.17) is 4.74 Å². The molecule has 0 aliphatic heterocycles. The van der Waals surface area contributed by atoms with Gasteiger partial charge in [0.25, 0.3) is 0 Å². The van der Waals surface area contributed by atoms with Crippen molar-refractivity contribution in [3.63, 3.8) is 0 Å². The number of hydrogen-bond donors (Lipinski definition) is 2. The van der Waals surface area contributed by atoms with E-state index in [-0.39, 0.29) is 17.3 Å². The molecule has 1 heterocycles. The van der Waals surface area contributed by atoms with Crippen LogP contribution < -0.4 is 15.5 Å². The third-order valence-corrected chi connectivity index (χ3v) is 3.44. The predicted octanol–water partition coefficient (Wildman–Crippen LogP) is 1.83. The van der Waals surface area contributed by atoms with Gasteiger partial charge in [0.1, 0.15) is 0 Å². The van der Waals surface area contributed by atoms with Gasteiger partial charge in [-0.2, -0.15) is 0 Å². The fourth-order valence-electron chi connectivity index (χ4n) is 1.97. The summed E-state index contributed by atoms with van der Waals surface area (Å²) in [5, 5.41) is 2.85. The minimum Gasteiger partial charge on any atom is -0.488 e. The van der Waals surface area contributed by atoms with E-state index in [9.17, 15) is 9.59 Å². The lowest BCUT2D eigenvalue weighted by atomic mass is 9.85. The monoisotopic (exact) mass is 278 g/mol. The average molecular weight is 278 g/mol. The van der Waals surface area contributed by atoms with Crippen molar-refractivity contribution in [1.29, 1.82) is 0 Å². The highest BCUT2D eigenvalue weighted by Gasteiger charge is 2.24. The molecule has 0 bridgehead atoms. The van der Waals surface area contributed by atoms with Crippen LogP contribution in [0.3, 0.4) is 0 Å². The molecule has 1 aliphatic carbocycles. The van der Waals surface area contributed by atoms with Gasteiger partial charge < -0.3 is 15.0 Å². The molecule has 0 unspecified atom stereocenters. The van der Waals surface area contributed by atoms with Gasteiger partial charge in [0.2, 0.25) is 11.3 Å². The third-order valence-electron chi connectivity index (χ3n) is 3.44. The van der Waals surface area contributed by atoms with Crippen LogP contribution in [0.2, 0.25) is 0 Å². The first-order chi connectivity index (χ1) is 9.56. The maximum atomic E-state index is 11.8. The average Bonchev–Trinajstić information content (AvgIpc) is 2.33. The molecule has 1 saturated carbocycles. The van der Waals surface area contributed by atoms with E-state index >= 15 is 0 Å². The summed E-state index contributed by atoms with van der Waals surface area (Å²) >= 11 is 0. The number of hydrogen-bond acceptors (Lipinski definition) is 3. The number of nitrogens with one attached hydrogen (secondary N) is 2. The Morgan fingerprint density at radius 1 is 1.50 bits per heavy atom. The van der Waals surface area contributed by atoms with E-state index in [2.05, 4.69) is 10.3 Å². The number of ether oxygens (including phenoxy) is 1. The minimum atomic E-state index is -0.155. The smallest absolute Gasteiger partial charge is 0.223 e. The lowest BCUT2D eigenvalue weighted by molar-refractivity contribution is -0.127. The van der Waals surface area contributed by atoms with E-state index in [1.165, 1.54) is 6.07 Å². The summed E-state index contributed by atoms with van der Waals surface area (Å²) in [6.45, 7) is 4.92. The van der Waals surface area contributed by atoms with Gasteiger partial charge in [-0.25, -0.2) is 0 Å². The highest BCUT2D eigenvalue weighted by Crippen LogP contribution is 2.26. The van der Waals surface area contributed by atoms with Gasteiger partial charge in [0.05, 0.1) is 13.2 Å². The van der Waals surface area contributed by atoms with Gasteiger partial charge >= 0.3 is 0 Å². The second-order valence-electron chi connectivity index (χ2n) is 5.74. The Bertz CT molecular complexity index is 518. The molecule has 1 aromatic heterocycles. The van der Waals surface area contributed by atoms with Crippen LogP contribution in [0.15, 0.2) is 17.1 Å². The number of carbonyl (C=O) groups is 1. The second kappa shape index (κ2) is 6.59. The summed E-state index contributed by atoms with van der Waals surface area (Å²) in [4.78, 5) is 26.5. The summed E-state index contributed by atoms with van der Waals surface area (Å²) in [5.74, 6) is 0.941. The predicted molar refractivity (Wildman–Crippen MR) is 76.6 cm³/mol. The molecule has 20 heavy (non-hydrogen) atoms. The Balaban J connectivity index is 1.88. The fourth-order valence-corrected chi connectivity index (χ4v) is 1.97. The Labute approximate surface area is 118 Å². The molecule has 5 nitrogen and oxygen atoms in total. The molecular formula is C15H22N2O3. The molecule has 1 fully saturated rings. The van der Waals surface area contributed by atoms with Gasteiger partial charge in [-0.3, -0.25) is 9.59 Å². The summed E-state index contributed by atoms with van der Waals surface area (Å²) in [6.07, 6.45) is 4.65. The number of rotatable bonds is 6. The van der Waals surface area contributed by atoms with Crippen molar-refractivity contribution in [3.8, 4) is 5.75 Å². The van der Waals surface area contributed by atoms with Crippen LogP contribution in [0.1, 0.15) is 38.8 Å². The summed E-state index contributed by atoms with van der Waals surface area (Å²) in [6, 6.07) is 1.48. The SMILES string of the molecule is CC(C)COc1c[nH]c(CNC(=O)C2CCC2)cc1=O. The Kier molecular flexibility index (Phi) is 4.82. The van der Waals surface area contributed by atoms with Crippen LogP contribution in [-0.4, -0.2) is 17.5 Å². The van der Waals surface area contributed by atoms with E-state index in [0.717, 1.165) is 19.3 Å². The third kappa shape index (κ3) is 3.85. The summed E-state index contributed by atoms with van der Waals surface area (Å²) in [7, 11) is 0. The van der Waals surface area contributed by atoms with E-state index < -0.39 is 0 Å². The number of aromatic amines is 1. The van der Waals surface area contributed by atoms with Gasteiger partial charge in [-0.05, 0) is 18.8 Å². The van der Waals surface area contributed by atoms with Crippen molar-refractivity contribution >= 4 is 5.91 Å². The van der Waals surface area contributed by atoms with Crippen molar-refractivity contribution in [1.82, 2.24) is 10.3 Å². The van der Waals surface area contributed by atoms with E-state index in [1.807, 2.05) is 13.8 Å². The van der Waals surface area contributed by atoms with Crippen molar-refractivity contribution in [3.05, 3.63) is 28.2 Å². The van der Waals surface area contributed by atoms with Crippen molar-refractivity contribution in [2.45, 2.75) is 39.7 Å². The first-order valence-corrected chi connectivity index (χ1v) is 7.18. The van der Waals surface area contributed by atoms with Crippen LogP contribution in [0.5, 0.6) is 5.75 Å². The van der Waals surface area contributed by atoms with Gasteiger partial charge in [0, 0.05) is 23.9 Å². The van der Waals surface area contributed by atoms with Crippen LogP contribution in [0, 0.1) is 11.8 Å². The molecule has 0 atom stereocenters. The zero-order valence-corrected chi connectivity index (χ0v) is 12.1. The maximum absolute atomic E-state index is 11.8. The normalized spacial score (nSPS) is 14.9. The van der Waals surface area contributed by atoms with Gasteiger partial charge in [-0.1, -0.05) is 20.3 Å². The van der Waals surface area contributed by atoms with Gasteiger partial charge in [-0.15, -0.1) is 0 Å². The Morgan fingerprint density at radius 2 is 2.25 bits per heavy atom. The first-order valence-electron chi connectivity index (χ1n) is 7.18. The quantitative estimate of drug-likeness (QED) is 0.834. The minimum absolute atomic E-state index is 0.0808. The molecule has 1 aliphatic rings. The molecule has 110 valence electrons. The molecule has 0 radical (unpaired) electrons. The number of aromatic nitrogens is 1. The maximum Gasteiger partial charge on any atom is 0.223 e. The van der Waals surface area contributed by atoms with Crippen LogP contribution in [0.4, 0.5) is 0 Å². The number of carbonyl (C=O) groups excluding carboxylic acids is 1. The lowest BCUT2D eigenvalue weighted by Crippen LogP contribution is -2.34. The molecule has 0 aromatic carbocycles.